The number of nitrogens with one attached hydrogen (secondary N) is 1. The molecule has 0 saturated carbocycles. The highest BCUT2D eigenvalue weighted by atomic mass is 32.1. The van der Waals surface area contributed by atoms with Crippen molar-refractivity contribution in [2.45, 2.75) is 6.42 Å². The molecule has 0 unspecified atom stereocenters. The number of para-hydroxylation sites is 1. The van der Waals surface area contributed by atoms with Crippen LogP contribution in [0.25, 0.3) is 11.3 Å². The van der Waals surface area contributed by atoms with E-state index in [0.29, 0.717) is 11.3 Å². The Labute approximate surface area is 167 Å². The lowest BCUT2D eigenvalue weighted by atomic mass is 10.1. The number of carbonyl (C=O) groups is 2. The quantitative estimate of drug-likeness (QED) is 0.692. The van der Waals surface area contributed by atoms with Gasteiger partial charge in [0.05, 0.1) is 17.3 Å². The molecule has 0 bridgehead atoms. The van der Waals surface area contributed by atoms with E-state index in [1.807, 2.05) is 0 Å². The van der Waals surface area contributed by atoms with Crippen molar-refractivity contribution >= 4 is 34.0 Å². The molecule has 2 amide bonds. The van der Waals surface area contributed by atoms with Gasteiger partial charge in [0.2, 0.25) is 11.8 Å². The fourth-order valence-corrected chi connectivity index (χ4v) is 3.84. The van der Waals surface area contributed by atoms with Gasteiger partial charge in [0.25, 0.3) is 0 Å². The second-order valence-electron chi connectivity index (χ2n) is 6.51. The van der Waals surface area contributed by atoms with Crippen LogP contribution in [0.4, 0.5) is 24.0 Å². The molecule has 0 radical (unpaired) electrons. The summed E-state index contributed by atoms with van der Waals surface area (Å²) in [6.45, 7) is 0.0625. The van der Waals surface area contributed by atoms with E-state index in [9.17, 15) is 22.8 Å². The van der Waals surface area contributed by atoms with E-state index < -0.39 is 29.3 Å². The van der Waals surface area contributed by atoms with Crippen molar-refractivity contribution in [1.82, 2.24) is 4.98 Å². The van der Waals surface area contributed by atoms with Crippen LogP contribution in [0.2, 0.25) is 0 Å². The first kappa shape index (κ1) is 19.1. The van der Waals surface area contributed by atoms with E-state index in [1.54, 1.807) is 11.4 Å². The van der Waals surface area contributed by atoms with E-state index in [1.165, 1.54) is 29.2 Å². The molecule has 1 atom stereocenters. The van der Waals surface area contributed by atoms with Crippen LogP contribution in [0.15, 0.2) is 47.8 Å². The fraction of sp³-hybridized carbons (Fsp3) is 0.150. The molecule has 1 aliphatic heterocycles. The molecule has 2 heterocycles. The molecule has 0 aliphatic carbocycles. The number of amides is 2. The second kappa shape index (κ2) is 7.67. The summed E-state index contributed by atoms with van der Waals surface area (Å²) in [7, 11) is 0. The molecule has 9 heteroatoms. The van der Waals surface area contributed by atoms with Crippen LogP contribution in [0.1, 0.15) is 6.42 Å². The van der Waals surface area contributed by atoms with Crippen molar-refractivity contribution in [1.29, 1.82) is 0 Å². The zero-order chi connectivity index (χ0) is 20.5. The number of hydrogen-bond donors (Lipinski definition) is 1. The third kappa shape index (κ3) is 3.86. The lowest BCUT2D eigenvalue weighted by Gasteiger charge is -2.17. The van der Waals surface area contributed by atoms with Gasteiger partial charge in [-0.15, -0.1) is 11.3 Å². The summed E-state index contributed by atoms with van der Waals surface area (Å²) in [6.07, 6.45) is -0.0401. The predicted octanol–water partition coefficient (Wildman–Crippen LogP) is 4.22. The van der Waals surface area contributed by atoms with Gasteiger partial charge < -0.3 is 10.2 Å². The first-order valence-corrected chi connectivity index (χ1v) is 9.57. The highest BCUT2D eigenvalue weighted by molar-refractivity contribution is 7.14. The molecule has 1 aliphatic rings. The summed E-state index contributed by atoms with van der Waals surface area (Å²) in [4.78, 5) is 30.3. The fourth-order valence-electron chi connectivity index (χ4n) is 3.11. The molecule has 0 spiro atoms. The van der Waals surface area contributed by atoms with Crippen LogP contribution >= 0.6 is 11.3 Å². The molecular formula is C20H14F3N3O2S. The molecule has 3 aromatic rings. The molecule has 4 rings (SSSR count). The van der Waals surface area contributed by atoms with Crippen molar-refractivity contribution in [3.63, 3.8) is 0 Å². The summed E-state index contributed by atoms with van der Waals surface area (Å²) in [6, 6.07) is 9.31. The number of halogens is 3. The average molecular weight is 417 g/mol. The van der Waals surface area contributed by atoms with E-state index in [0.717, 1.165) is 23.5 Å². The summed E-state index contributed by atoms with van der Waals surface area (Å²) < 4.78 is 40.4. The van der Waals surface area contributed by atoms with Crippen LogP contribution in [0.3, 0.4) is 0 Å². The average Bonchev–Trinajstić information content (AvgIpc) is 3.31. The Bertz CT molecular complexity index is 1100. The largest absolute Gasteiger partial charge is 0.309 e. The normalized spacial score (nSPS) is 16.3. The van der Waals surface area contributed by atoms with E-state index in [2.05, 4.69) is 10.3 Å². The molecule has 1 saturated heterocycles. The molecule has 29 heavy (non-hydrogen) atoms. The van der Waals surface area contributed by atoms with Crippen molar-refractivity contribution in [3.8, 4) is 11.3 Å². The topological polar surface area (TPSA) is 62.3 Å². The minimum absolute atomic E-state index is 0.0401. The summed E-state index contributed by atoms with van der Waals surface area (Å²) in [5.74, 6) is -3.88. The lowest BCUT2D eigenvalue weighted by Crippen LogP contribution is -2.28. The van der Waals surface area contributed by atoms with Crippen LogP contribution in [-0.2, 0) is 9.59 Å². The van der Waals surface area contributed by atoms with Gasteiger partial charge in [-0.2, -0.15) is 0 Å². The number of nitrogens with zero attached hydrogens (tertiary/aromatic N) is 2. The number of aromatic nitrogens is 1. The van der Waals surface area contributed by atoms with Crippen LogP contribution in [0.5, 0.6) is 0 Å². The summed E-state index contributed by atoms with van der Waals surface area (Å²) in [5, 5.41) is 4.51. The smallest absolute Gasteiger partial charge is 0.231 e. The van der Waals surface area contributed by atoms with Crippen molar-refractivity contribution in [3.05, 3.63) is 65.3 Å². The highest BCUT2D eigenvalue weighted by Crippen LogP contribution is 2.30. The van der Waals surface area contributed by atoms with Gasteiger partial charge >= 0.3 is 0 Å². The molecule has 5 nitrogen and oxygen atoms in total. The zero-order valence-electron chi connectivity index (χ0n) is 14.9. The van der Waals surface area contributed by atoms with Gasteiger partial charge in [-0.1, -0.05) is 12.1 Å². The standard InChI is InChI=1S/C20H14F3N3O2S/c21-13-6-5-11(7-15(13)23)16-10-29-20(24-16)25-19(28)12-8-18(27)26(9-12)17-4-2-1-3-14(17)22/h1-7,10,12H,8-9H2,(H,24,25,28)/t12-/m0/s1. The molecule has 2 aromatic carbocycles. The summed E-state index contributed by atoms with van der Waals surface area (Å²) in [5.41, 5.74) is 0.907. The summed E-state index contributed by atoms with van der Waals surface area (Å²) >= 11 is 1.12. The number of carbonyl (C=O) groups excluding carboxylic acids is 2. The minimum atomic E-state index is -0.987. The molecule has 1 fully saturated rings. The number of thiazole rings is 1. The van der Waals surface area contributed by atoms with E-state index in [-0.39, 0.29) is 29.7 Å². The molecular weight excluding hydrogens is 403 g/mol. The maximum atomic E-state index is 14.0. The maximum absolute atomic E-state index is 14.0. The third-order valence-corrected chi connectivity index (χ3v) is 5.35. The van der Waals surface area contributed by atoms with Crippen LogP contribution in [-0.4, -0.2) is 23.3 Å². The zero-order valence-corrected chi connectivity index (χ0v) is 15.7. The Morgan fingerprint density at radius 3 is 2.66 bits per heavy atom. The van der Waals surface area contributed by atoms with Crippen molar-refractivity contribution in [2.24, 2.45) is 5.92 Å². The molecule has 1 N–H and O–H groups in total. The molecule has 148 valence electrons. The lowest BCUT2D eigenvalue weighted by molar-refractivity contribution is -0.122. The first-order chi connectivity index (χ1) is 13.9. The van der Waals surface area contributed by atoms with Gasteiger partial charge in [-0.3, -0.25) is 9.59 Å². The van der Waals surface area contributed by atoms with Gasteiger partial charge in [-0.05, 0) is 30.3 Å². The maximum Gasteiger partial charge on any atom is 0.231 e. The minimum Gasteiger partial charge on any atom is -0.309 e. The Balaban J connectivity index is 1.45. The third-order valence-electron chi connectivity index (χ3n) is 4.59. The Hall–Kier alpha value is -3.20. The number of anilines is 2. The Kier molecular flexibility index (Phi) is 5.06. The van der Waals surface area contributed by atoms with E-state index >= 15 is 0 Å². The van der Waals surface area contributed by atoms with Gasteiger partial charge in [0.1, 0.15) is 5.82 Å². The van der Waals surface area contributed by atoms with Crippen molar-refractivity contribution < 1.29 is 22.8 Å². The first-order valence-electron chi connectivity index (χ1n) is 8.69. The second-order valence-corrected chi connectivity index (χ2v) is 7.37. The van der Waals surface area contributed by atoms with Gasteiger partial charge in [0, 0.05) is 23.9 Å². The Morgan fingerprint density at radius 1 is 1.10 bits per heavy atom. The van der Waals surface area contributed by atoms with Crippen LogP contribution < -0.4 is 10.2 Å². The van der Waals surface area contributed by atoms with Gasteiger partial charge in [-0.25, -0.2) is 18.2 Å². The Morgan fingerprint density at radius 2 is 1.90 bits per heavy atom. The van der Waals surface area contributed by atoms with Crippen molar-refractivity contribution in [2.75, 3.05) is 16.8 Å². The number of rotatable bonds is 4. The monoisotopic (exact) mass is 417 g/mol. The predicted molar refractivity (Wildman–Crippen MR) is 103 cm³/mol. The SMILES string of the molecule is O=C(Nc1nc(-c2ccc(F)c(F)c2)cs1)[C@H]1CC(=O)N(c2ccccc2F)C1. The molecule has 1 aromatic heterocycles. The number of hydrogen-bond acceptors (Lipinski definition) is 4. The van der Waals surface area contributed by atoms with Crippen LogP contribution in [0, 0.1) is 23.4 Å². The number of benzene rings is 2. The highest BCUT2D eigenvalue weighted by Gasteiger charge is 2.36. The van der Waals surface area contributed by atoms with E-state index in [4.69, 9.17) is 0 Å². The van der Waals surface area contributed by atoms with Gasteiger partial charge in [0.15, 0.2) is 16.8 Å².